The van der Waals surface area contributed by atoms with E-state index in [1.807, 2.05) is 31.3 Å². The van der Waals surface area contributed by atoms with Gasteiger partial charge in [0.05, 0.1) is 12.8 Å². The molecule has 0 spiro atoms. The molecule has 19 heavy (non-hydrogen) atoms. The molecule has 2 aromatic rings. The van der Waals surface area contributed by atoms with E-state index >= 15 is 0 Å². The maximum Gasteiger partial charge on any atom is 0.143 e. The van der Waals surface area contributed by atoms with Gasteiger partial charge in [0.25, 0.3) is 0 Å². The molecule has 0 bridgehead atoms. The molecule has 0 amide bonds. The van der Waals surface area contributed by atoms with Crippen LogP contribution in [-0.2, 0) is 6.54 Å². The van der Waals surface area contributed by atoms with E-state index in [4.69, 9.17) is 16.3 Å². The number of halogens is 1. The monoisotopic (exact) mass is 276 g/mol. The van der Waals surface area contributed by atoms with Crippen molar-refractivity contribution in [3.63, 3.8) is 0 Å². The third-order valence-electron chi connectivity index (χ3n) is 3.10. The van der Waals surface area contributed by atoms with Crippen LogP contribution in [0.2, 0.25) is 5.02 Å². The van der Waals surface area contributed by atoms with Gasteiger partial charge in [0.1, 0.15) is 5.75 Å². The summed E-state index contributed by atoms with van der Waals surface area (Å²) in [5.74, 6) is 0.747. The van der Waals surface area contributed by atoms with Gasteiger partial charge in [-0.15, -0.1) is 0 Å². The fourth-order valence-corrected chi connectivity index (χ4v) is 2.00. The molecule has 0 radical (unpaired) electrons. The summed E-state index contributed by atoms with van der Waals surface area (Å²) >= 11 is 6.09. The summed E-state index contributed by atoms with van der Waals surface area (Å²) in [5, 5.41) is 4.07. The number of nitrogens with one attached hydrogen (secondary N) is 1. The zero-order valence-electron chi connectivity index (χ0n) is 11.3. The highest BCUT2D eigenvalue weighted by atomic mass is 35.5. The Balaban J connectivity index is 2.20. The van der Waals surface area contributed by atoms with Gasteiger partial charge < -0.3 is 10.1 Å². The lowest BCUT2D eigenvalue weighted by molar-refractivity contribution is 0.416. The number of aryl methyl sites for hydroxylation is 2. The molecule has 100 valence electrons. The molecular weight excluding hydrogens is 260 g/mol. The van der Waals surface area contributed by atoms with E-state index in [1.165, 1.54) is 5.56 Å². The molecule has 0 saturated carbocycles. The molecule has 0 saturated heterocycles. The highest BCUT2D eigenvalue weighted by Gasteiger charge is 2.07. The number of hydrogen-bond donors (Lipinski definition) is 1. The third kappa shape index (κ3) is 3.18. The molecular formula is C15H17ClN2O. The van der Waals surface area contributed by atoms with Crippen molar-refractivity contribution < 1.29 is 4.74 Å². The van der Waals surface area contributed by atoms with Crippen LogP contribution < -0.4 is 10.1 Å². The second-order valence-electron chi connectivity index (χ2n) is 4.46. The van der Waals surface area contributed by atoms with Crippen LogP contribution >= 0.6 is 11.6 Å². The minimum atomic E-state index is 0.705. The van der Waals surface area contributed by atoms with Crippen LogP contribution in [0.4, 0.5) is 5.69 Å². The molecule has 1 aromatic carbocycles. The van der Waals surface area contributed by atoms with Gasteiger partial charge in [-0.25, -0.2) is 0 Å². The molecule has 1 aromatic heterocycles. The lowest BCUT2D eigenvalue weighted by Crippen LogP contribution is -2.03. The van der Waals surface area contributed by atoms with E-state index in [9.17, 15) is 0 Å². The van der Waals surface area contributed by atoms with E-state index < -0.39 is 0 Å². The highest BCUT2D eigenvalue weighted by Crippen LogP contribution is 2.31. The van der Waals surface area contributed by atoms with E-state index in [2.05, 4.69) is 17.2 Å². The van der Waals surface area contributed by atoms with Crippen molar-refractivity contribution in [3.05, 3.63) is 52.3 Å². The van der Waals surface area contributed by atoms with Crippen molar-refractivity contribution in [1.29, 1.82) is 0 Å². The summed E-state index contributed by atoms with van der Waals surface area (Å²) in [6, 6.07) is 5.82. The Kier molecular flexibility index (Phi) is 4.27. The van der Waals surface area contributed by atoms with Gasteiger partial charge in [-0.2, -0.15) is 0 Å². The molecule has 0 atom stereocenters. The van der Waals surface area contributed by atoms with Crippen molar-refractivity contribution in [2.75, 3.05) is 12.4 Å². The van der Waals surface area contributed by atoms with Crippen molar-refractivity contribution in [2.24, 2.45) is 0 Å². The number of nitrogens with zero attached hydrogens (tertiary/aromatic N) is 1. The van der Waals surface area contributed by atoms with Crippen LogP contribution in [0.3, 0.4) is 0 Å². The van der Waals surface area contributed by atoms with E-state index in [0.717, 1.165) is 22.6 Å². The van der Waals surface area contributed by atoms with Crippen molar-refractivity contribution in [2.45, 2.75) is 20.4 Å². The molecule has 3 nitrogen and oxygen atoms in total. The Morgan fingerprint density at radius 2 is 2.05 bits per heavy atom. The molecule has 1 N–H and O–H groups in total. The number of methoxy groups -OCH3 is 1. The number of aromatic nitrogens is 1. The number of anilines is 1. The first kappa shape index (κ1) is 13.7. The fourth-order valence-electron chi connectivity index (χ4n) is 1.84. The summed E-state index contributed by atoms with van der Waals surface area (Å²) in [5.41, 5.74) is 4.34. The quantitative estimate of drug-likeness (QED) is 0.917. The molecule has 1 heterocycles. The van der Waals surface area contributed by atoms with Crippen LogP contribution in [-0.4, -0.2) is 12.1 Å². The van der Waals surface area contributed by atoms with Crippen molar-refractivity contribution in [1.82, 2.24) is 4.98 Å². The summed E-state index contributed by atoms with van der Waals surface area (Å²) in [6.07, 6.45) is 3.67. The maximum absolute atomic E-state index is 6.09. The number of benzene rings is 1. The average molecular weight is 277 g/mol. The Bertz CT molecular complexity index is 584. The first-order chi connectivity index (χ1) is 9.11. The molecule has 0 aliphatic carbocycles. The molecule has 4 heteroatoms. The van der Waals surface area contributed by atoms with Gasteiger partial charge in [0.2, 0.25) is 0 Å². The van der Waals surface area contributed by atoms with Crippen LogP contribution in [0, 0.1) is 13.8 Å². The smallest absolute Gasteiger partial charge is 0.143 e. The molecule has 0 unspecified atom stereocenters. The second kappa shape index (κ2) is 5.93. The predicted molar refractivity (Wildman–Crippen MR) is 79.0 cm³/mol. The zero-order valence-corrected chi connectivity index (χ0v) is 12.1. The normalized spacial score (nSPS) is 10.3. The molecule has 2 rings (SSSR count). The Morgan fingerprint density at radius 3 is 2.74 bits per heavy atom. The number of rotatable bonds is 4. The summed E-state index contributed by atoms with van der Waals surface area (Å²) in [7, 11) is 1.64. The maximum atomic E-state index is 6.09. The number of ether oxygens (including phenoxy) is 1. The molecule has 0 fully saturated rings. The summed E-state index contributed by atoms with van der Waals surface area (Å²) in [4.78, 5) is 4.14. The number of pyridine rings is 1. The Labute approximate surface area is 118 Å². The Hall–Kier alpha value is -1.74. The van der Waals surface area contributed by atoms with Crippen molar-refractivity contribution in [3.8, 4) is 5.75 Å². The predicted octanol–water partition coefficient (Wildman–Crippen LogP) is 3.97. The fraction of sp³-hybridized carbons (Fsp3) is 0.267. The number of hydrogen-bond acceptors (Lipinski definition) is 3. The minimum Gasteiger partial charge on any atom is -0.495 e. The minimum absolute atomic E-state index is 0.705. The first-order valence-electron chi connectivity index (χ1n) is 6.09. The highest BCUT2D eigenvalue weighted by molar-refractivity contribution is 6.31. The van der Waals surface area contributed by atoms with Crippen LogP contribution in [0.5, 0.6) is 5.75 Å². The van der Waals surface area contributed by atoms with Crippen LogP contribution in [0.25, 0.3) is 0 Å². The van der Waals surface area contributed by atoms with Gasteiger partial charge in [-0.3, -0.25) is 4.98 Å². The summed E-state index contributed by atoms with van der Waals surface area (Å²) in [6.45, 7) is 4.75. The van der Waals surface area contributed by atoms with Crippen LogP contribution in [0.1, 0.15) is 16.7 Å². The SMILES string of the molecule is COc1cc(Cl)c(C)cc1NCc1cnccc1C. The van der Waals surface area contributed by atoms with Gasteiger partial charge in [-0.05, 0) is 42.7 Å². The van der Waals surface area contributed by atoms with E-state index in [1.54, 1.807) is 13.3 Å². The van der Waals surface area contributed by atoms with Gasteiger partial charge in [0.15, 0.2) is 0 Å². The largest absolute Gasteiger partial charge is 0.495 e. The summed E-state index contributed by atoms with van der Waals surface area (Å²) < 4.78 is 5.34. The van der Waals surface area contributed by atoms with Crippen molar-refractivity contribution >= 4 is 17.3 Å². The van der Waals surface area contributed by atoms with Crippen LogP contribution in [0.15, 0.2) is 30.6 Å². The zero-order chi connectivity index (χ0) is 13.8. The van der Waals surface area contributed by atoms with Gasteiger partial charge in [-0.1, -0.05) is 11.6 Å². The van der Waals surface area contributed by atoms with E-state index in [-0.39, 0.29) is 0 Å². The van der Waals surface area contributed by atoms with Gasteiger partial charge in [0, 0.05) is 30.0 Å². The Morgan fingerprint density at radius 1 is 1.26 bits per heavy atom. The lowest BCUT2D eigenvalue weighted by Gasteiger charge is -2.14. The molecule has 0 aliphatic rings. The molecule has 0 aliphatic heterocycles. The third-order valence-corrected chi connectivity index (χ3v) is 3.50. The van der Waals surface area contributed by atoms with E-state index in [0.29, 0.717) is 11.6 Å². The average Bonchev–Trinajstić information content (AvgIpc) is 2.41. The lowest BCUT2D eigenvalue weighted by atomic mass is 10.1. The standard InChI is InChI=1S/C15H17ClN2O/c1-10-4-5-17-8-12(10)9-18-14-6-11(2)13(16)7-15(14)19-3/h4-8,18H,9H2,1-3H3. The van der Waals surface area contributed by atoms with Gasteiger partial charge >= 0.3 is 0 Å². The topological polar surface area (TPSA) is 34.1 Å². The second-order valence-corrected chi connectivity index (χ2v) is 4.86. The first-order valence-corrected chi connectivity index (χ1v) is 6.47.